The van der Waals surface area contributed by atoms with Gasteiger partial charge in [-0.2, -0.15) is 0 Å². The van der Waals surface area contributed by atoms with E-state index >= 15 is 0 Å². The molecule has 0 aliphatic heterocycles. The highest BCUT2D eigenvalue weighted by Crippen LogP contribution is 2.52. The van der Waals surface area contributed by atoms with Crippen molar-refractivity contribution in [1.82, 2.24) is 0 Å². The Kier molecular flexibility index (Phi) is 5.08. The van der Waals surface area contributed by atoms with Crippen LogP contribution in [-0.4, -0.2) is 22.2 Å². The van der Waals surface area contributed by atoms with Crippen molar-refractivity contribution in [2.45, 2.75) is 38.0 Å². The normalized spacial score (nSPS) is 19.8. The first-order chi connectivity index (χ1) is 12.1. The van der Waals surface area contributed by atoms with Crippen LogP contribution >= 0.6 is 0 Å². The predicted octanol–water partition coefficient (Wildman–Crippen LogP) is 4.87. The summed E-state index contributed by atoms with van der Waals surface area (Å²) >= 11 is 0. The van der Waals surface area contributed by atoms with Crippen LogP contribution in [0.1, 0.15) is 64.6 Å². The van der Waals surface area contributed by atoms with Gasteiger partial charge in [0.25, 0.3) is 0 Å². The third-order valence-electron chi connectivity index (χ3n) is 5.15. The second kappa shape index (κ2) is 6.79. The maximum absolute atomic E-state index is 11.4. The molecule has 2 aromatic rings. The fourth-order valence-corrected chi connectivity index (χ4v) is 4.04. The highest BCUT2D eigenvalue weighted by Gasteiger charge is 2.45. The second-order valence-corrected chi connectivity index (χ2v) is 7.34. The van der Waals surface area contributed by atoms with Gasteiger partial charge >= 0.3 is 11.9 Å². The summed E-state index contributed by atoms with van der Waals surface area (Å²) in [5, 5.41) is 18.4. The van der Waals surface area contributed by atoms with Crippen molar-refractivity contribution in [2.75, 3.05) is 0 Å². The SMILES string of the molecule is C=C.CC1(C)CC(C)(c2ccc(C(=O)O)cc2)c2cc(C(=O)O)ccc21. The molecule has 26 heavy (non-hydrogen) atoms. The van der Waals surface area contributed by atoms with Gasteiger partial charge in [0.15, 0.2) is 0 Å². The number of hydrogen-bond acceptors (Lipinski definition) is 2. The van der Waals surface area contributed by atoms with Crippen molar-refractivity contribution in [1.29, 1.82) is 0 Å². The van der Waals surface area contributed by atoms with Crippen LogP contribution in [0.25, 0.3) is 0 Å². The van der Waals surface area contributed by atoms with E-state index in [0.717, 1.165) is 23.1 Å². The molecule has 1 unspecified atom stereocenters. The average Bonchev–Trinajstić information content (AvgIpc) is 2.83. The number of carbonyl (C=O) groups is 2. The summed E-state index contributed by atoms with van der Waals surface area (Å²) in [6, 6.07) is 12.2. The Labute approximate surface area is 153 Å². The Morgan fingerprint density at radius 3 is 1.85 bits per heavy atom. The topological polar surface area (TPSA) is 74.6 Å². The van der Waals surface area contributed by atoms with Gasteiger partial charge in [0.05, 0.1) is 11.1 Å². The predicted molar refractivity (Wildman–Crippen MR) is 102 cm³/mol. The highest BCUT2D eigenvalue weighted by atomic mass is 16.4. The van der Waals surface area contributed by atoms with E-state index in [1.54, 1.807) is 24.3 Å². The molecule has 0 aromatic heterocycles. The van der Waals surface area contributed by atoms with Crippen LogP contribution in [-0.2, 0) is 10.8 Å². The van der Waals surface area contributed by atoms with Crippen molar-refractivity contribution < 1.29 is 19.8 Å². The molecule has 2 aromatic carbocycles. The molecule has 0 heterocycles. The zero-order chi connectivity index (χ0) is 19.7. The first-order valence-corrected chi connectivity index (χ1v) is 8.37. The fourth-order valence-electron chi connectivity index (χ4n) is 4.04. The summed E-state index contributed by atoms with van der Waals surface area (Å²) < 4.78 is 0. The molecule has 4 heteroatoms. The molecule has 1 atom stereocenters. The molecule has 4 nitrogen and oxygen atoms in total. The van der Waals surface area contributed by atoms with Gasteiger partial charge in [-0.25, -0.2) is 9.59 Å². The maximum Gasteiger partial charge on any atom is 0.335 e. The summed E-state index contributed by atoms with van der Waals surface area (Å²) in [6.45, 7) is 12.4. The van der Waals surface area contributed by atoms with Crippen LogP contribution in [0, 0.1) is 0 Å². The molecule has 0 saturated heterocycles. The standard InChI is InChI=1S/C20H20O4.C2H4/c1-19(2)11-20(3,14-7-4-12(5-8-14)17(21)22)16-10-13(18(23)24)6-9-15(16)19;1-2/h4-10H,11H2,1-3H3,(H,21,22)(H,23,24);1-2H2. The van der Waals surface area contributed by atoms with E-state index in [1.165, 1.54) is 0 Å². The maximum atomic E-state index is 11.4. The lowest BCUT2D eigenvalue weighted by Crippen LogP contribution is -2.23. The van der Waals surface area contributed by atoms with Crippen molar-refractivity contribution in [3.63, 3.8) is 0 Å². The summed E-state index contributed by atoms with van der Waals surface area (Å²) in [4.78, 5) is 22.4. The van der Waals surface area contributed by atoms with E-state index in [9.17, 15) is 14.7 Å². The van der Waals surface area contributed by atoms with Crippen LogP contribution in [0.15, 0.2) is 55.6 Å². The number of aromatic carboxylic acids is 2. The van der Waals surface area contributed by atoms with Crippen LogP contribution in [0.2, 0.25) is 0 Å². The zero-order valence-electron chi connectivity index (χ0n) is 15.4. The monoisotopic (exact) mass is 352 g/mol. The number of carboxylic acid groups (broad SMARTS) is 2. The Hall–Kier alpha value is -2.88. The third-order valence-corrected chi connectivity index (χ3v) is 5.15. The third kappa shape index (κ3) is 3.15. The lowest BCUT2D eigenvalue weighted by molar-refractivity contribution is 0.0686. The van der Waals surface area contributed by atoms with Crippen LogP contribution in [0.3, 0.4) is 0 Å². The molecule has 0 fully saturated rings. The molecule has 0 spiro atoms. The lowest BCUT2D eigenvalue weighted by Gasteiger charge is -2.28. The van der Waals surface area contributed by atoms with Crippen molar-refractivity contribution >= 4 is 11.9 Å². The van der Waals surface area contributed by atoms with Gasteiger partial charge < -0.3 is 10.2 Å². The largest absolute Gasteiger partial charge is 0.478 e. The Balaban J connectivity index is 0.00000117. The Bertz CT molecular complexity index is 849. The van der Waals surface area contributed by atoms with Gasteiger partial charge in [-0.15, -0.1) is 13.2 Å². The second-order valence-electron chi connectivity index (χ2n) is 7.34. The Morgan fingerprint density at radius 1 is 0.846 bits per heavy atom. The van der Waals surface area contributed by atoms with Gasteiger partial charge in [-0.1, -0.05) is 39.0 Å². The van der Waals surface area contributed by atoms with E-state index in [1.807, 2.05) is 18.2 Å². The summed E-state index contributed by atoms with van der Waals surface area (Å²) in [7, 11) is 0. The summed E-state index contributed by atoms with van der Waals surface area (Å²) in [5.41, 5.74) is 3.27. The molecule has 1 aliphatic rings. The summed E-state index contributed by atoms with van der Waals surface area (Å²) in [6.07, 6.45) is 0.838. The minimum absolute atomic E-state index is 0.0768. The van der Waals surface area contributed by atoms with Gasteiger partial charge in [-0.3, -0.25) is 0 Å². The van der Waals surface area contributed by atoms with Gasteiger partial charge in [-0.05, 0) is 52.8 Å². The van der Waals surface area contributed by atoms with Crippen molar-refractivity contribution in [2.24, 2.45) is 0 Å². The molecule has 136 valence electrons. The lowest BCUT2D eigenvalue weighted by atomic mass is 9.75. The number of fused-ring (bicyclic) bond motifs is 1. The van der Waals surface area contributed by atoms with E-state index < -0.39 is 11.9 Å². The number of rotatable bonds is 3. The minimum Gasteiger partial charge on any atom is -0.478 e. The number of hydrogen-bond donors (Lipinski definition) is 2. The highest BCUT2D eigenvalue weighted by molar-refractivity contribution is 5.88. The number of carboxylic acids is 2. The van der Waals surface area contributed by atoms with Crippen LogP contribution < -0.4 is 0 Å². The molecular weight excluding hydrogens is 328 g/mol. The quantitative estimate of drug-likeness (QED) is 0.773. The minimum atomic E-state index is -0.952. The molecular formula is C22H24O4. The smallest absolute Gasteiger partial charge is 0.335 e. The molecule has 0 saturated carbocycles. The zero-order valence-corrected chi connectivity index (χ0v) is 15.4. The van der Waals surface area contributed by atoms with Gasteiger partial charge in [0, 0.05) is 5.41 Å². The fraction of sp³-hybridized carbons (Fsp3) is 0.273. The van der Waals surface area contributed by atoms with Crippen LogP contribution in [0.5, 0.6) is 0 Å². The molecule has 2 N–H and O–H groups in total. The average molecular weight is 352 g/mol. The first-order valence-electron chi connectivity index (χ1n) is 8.37. The van der Waals surface area contributed by atoms with Gasteiger partial charge in [0.1, 0.15) is 0 Å². The van der Waals surface area contributed by atoms with E-state index in [4.69, 9.17) is 5.11 Å². The molecule has 0 amide bonds. The van der Waals surface area contributed by atoms with Crippen molar-refractivity contribution in [3.05, 3.63) is 83.4 Å². The number of benzene rings is 2. The van der Waals surface area contributed by atoms with E-state index in [-0.39, 0.29) is 22.0 Å². The molecule has 0 radical (unpaired) electrons. The van der Waals surface area contributed by atoms with E-state index in [2.05, 4.69) is 33.9 Å². The molecule has 0 bridgehead atoms. The van der Waals surface area contributed by atoms with E-state index in [0.29, 0.717) is 0 Å². The molecule has 3 rings (SSSR count). The first kappa shape index (κ1) is 19.4. The Morgan fingerprint density at radius 2 is 1.35 bits per heavy atom. The van der Waals surface area contributed by atoms with Crippen molar-refractivity contribution in [3.8, 4) is 0 Å². The van der Waals surface area contributed by atoms with Crippen LogP contribution in [0.4, 0.5) is 0 Å². The van der Waals surface area contributed by atoms with Gasteiger partial charge in [0.2, 0.25) is 0 Å². The molecule has 1 aliphatic carbocycles. The summed E-state index contributed by atoms with van der Waals surface area (Å²) in [5.74, 6) is -1.89.